The molecule has 0 saturated carbocycles. The topological polar surface area (TPSA) is 171 Å². The van der Waals surface area contributed by atoms with E-state index < -0.39 is 37.7 Å². The van der Waals surface area contributed by atoms with Crippen LogP contribution in [0.25, 0.3) is 0 Å². The molecule has 0 aromatic heterocycles. The number of nitrogens with one attached hydrogen (secondary N) is 1. The van der Waals surface area contributed by atoms with Crippen LogP contribution in [0, 0.1) is 0 Å². The highest BCUT2D eigenvalue weighted by atomic mass is 32.2. The Morgan fingerprint density at radius 1 is 0.526 bits per heavy atom. The van der Waals surface area contributed by atoms with Crippen molar-refractivity contribution in [1.82, 2.24) is 5.32 Å². The van der Waals surface area contributed by atoms with Crippen molar-refractivity contribution in [1.29, 1.82) is 0 Å². The molecular weight excluding hydrogens is 1240 g/mol. The van der Waals surface area contributed by atoms with Crippen LogP contribution < -0.4 is 15.1 Å². The number of benzene rings is 4. The van der Waals surface area contributed by atoms with E-state index in [1.165, 1.54) is 39.5 Å². The number of allylic oxidation sites excluding steroid dienone is 14. The van der Waals surface area contributed by atoms with Crippen LogP contribution >= 0.6 is 11.8 Å². The Morgan fingerprint density at radius 2 is 0.947 bits per heavy atom. The molecular formula is C79H101N5O8S3+2. The van der Waals surface area contributed by atoms with Crippen LogP contribution in [0.5, 0.6) is 0 Å². The van der Waals surface area contributed by atoms with Gasteiger partial charge >= 0.3 is 5.97 Å². The fourth-order valence-corrected chi connectivity index (χ4v) is 17.8. The zero-order valence-corrected chi connectivity index (χ0v) is 60.1. The van der Waals surface area contributed by atoms with Gasteiger partial charge in [-0.3, -0.25) is 9.11 Å². The van der Waals surface area contributed by atoms with Gasteiger partial charge in [0.05, 0.1) is 22.3 Å². The Bertz CT molecular complexity index is 4150. The van der Waals surface area contributed by atoms with Gasteiger partial charge in [0.25, 0.3) is 20.2 Å². The highest BCUT2D eigenvalue weighted by molar-refractivity contribution is 8.03. The molecule has 95 heavy (non-hydrogen) atoms. The molecule has 1 atom stereocenters. The van der Waals surface area contributed by atoms with Gasteiger partial charge < -0.3 is 20.2 Å². The molecule has 4 N–H and O–H groups in total. The normalized spacial score (nSPS) is 20.7. The molecule has 4 aromatic carbocycles. The first-order chi connectivity index (χ1) is 45.2. The molecule has 6 aliphatic rings. The Kier molecular flexibility index (Phi) is 22.0. The lowest BCUT2D eigenvalue weighted by molar-refractivity contribution is -0.438. The summed E-state index contributed by atoms with van der Waals surface area (Å²) in [5.74, 6) is -1.33. The van der Waals surface area contributed by atoms with E-state index in [1.54, 1.807) is 11.8 Å². The summed E-state index contributed by atoms with van der Waals surface area (Å²) >= 11 is 1.60. The van der Waals surface area contributed by atoms with Crippen LogP contribution in [0.3, 0.4) is 0 Å². The first-order valence-corrected chi connectivity index (χ1v) is 38.8. The number of carbonyl (C=O) groups is 1. The molecule has 0 spiro atoms. The second kappa shape index (κ2) is 29.5. The summed E-state index contributed by atoms with van der Waals surface area (Å²) in [6, 6.07) is 33.2. The predicted octanol–water partition coefficient (Wildman–Crippen LogP) is 17.1. The molecule has 2 aliphatic carbocycles. The maximum absolute atomic E-state index is 14.2. The highest BCUT2D eigenvalue weighted by Gasteiger charge is 2.46. The molecule has 10 rings (SSSR count). The summed E-state index contributed by atoms with van der Waals surface area (Å²) in [6.45, 7) is 25.5. The second-order valence-corrected chi connectivity index (χ2v) is 32.8. The summed E-state index contributed by atoms with van der Waals surface area (Å²) in [5, 5.41) is 15.3. The maximum Gasteiger partial charge on any atom is 0.326 e. The van der Waals surface area contributed by atoms with E-state index in [-0.39, 0.29) is 33.5 Å². The van der Waals surface area contributed by atoms with Crippen LogP contribution in [0.2, 0.25) is 0 Å². The van der Waals surface area contributed by atoms with E-state index in [1.807, 2.05) is 12.1 Å². The molecule has 13 nitrogen and oxygen atoms in total. The van der Waals surface area contributed by atoms with Crippen LogP contribution in [-0.4, -0.2) is 107 Å². The van der Waals surface area contributed by atoms with Gasteiger partial charge in [-0.2, -0.15) is 26.0 Å². The third-order valence-electron chi connectivity index (χ3n) is 20.6. The number of hydrogen-bond acceptors (Lipinski definition) is 9. The first-order valence-electron chi connectivity index (χ1n) is 34.6. The summed E-state index contributed by atoms with van der Waals surface area (Å²) in [6.07, 6.45) is 29.2. The number of fused-ring (bicyclic) bond motifs is 4. The summed E-state index contributed by atoms with van der Waals surface area (Å²) in [7, 11) is -8.22. The van der Waals surface area contributed by atoms with Crippen LogP contribution in [0.15, 0.2) is 190 Å². The smallest absolute Gasteiger partial charge is 0.326 e. The van der Waals surface area contributed by atoms with Crippen molar-refractivity contribution >= 4 is 72.1 Å². The Hall–Kier alpha value is -6.82. The van der Waals surface area contributed by atoms with Gasteiger partial charge in [0.15, 0.2) is 11.4 Å². The average Bonchev–Trinajstić information content (AvgIpc) is 1.62. The molecule has 16 heteroatoms. The van der Waals surface area contributed by atoms with Crippen LogP contribution in [0.4, 0.5) is 22.7 Å². The van der Waals surface area contributed by atoms with Crippen molar-refractivity contribution in [3.8, 4) is 0 Å². The average molecular weight is 1340 g/mol. The van der Waals surface area contributed by atoms with Gasteiger partial charge in [-0.05, 0) is 150 Å². The Labute approximate surface area is 571 Å². The first kappa shape index (κ1) is 71.0. The lowest BCUT2D eigenvalue weighted by atomic mass is 9.81. The molecule has 0 bridgehead atoms. The number of nitrogens with zero attached hydrogens (tertiary/aromatic N) is 4. The molecule has 506 valence electrons. The van der Waals surface area contributed by atoms with E-state index in [2.05, 4.69) is 227 Å². The van der Waals surface area contributed by atoms with Crippen molar-refractivity contribution in [3.63, 3.8) is 0 Å². The lowest BCUT2D eigenvalue weighted by Crippen LogP contribution is -2.38. The number of carboxylic acid groups (broad SMARTS) is 1. The zero-order valence-electron chi connectivity index (χ0n) is 57.7. The monoisotopic (exact) mass is 1340 g/mol. The van der Waals surface area contributed by atoms with E-state index >= 15 is 0 Å². The SMILES string of the molecule is CCCCC[N+]1=C(/C=C/C2=C(NC(CSC3=C(/C=C/C4=[N+](CCCCC)c5ccccc5C4(C)C)CC/C3=C\C=C3\N(CCCCS(=O)(=O)O)c4ccccc4C3(C)C)C(=O)O)C(=C/C=C3/N(CCCCS(=O)(=O)O)c4ccccc4C3(C)C)/CC2)C(C)(C)c2ccccc21. The quantitative estimate of drug-likeness (QED) is 0.0222. The Balaban J connectivity index is 1.06. The van der Waals surface area contributed by atoms with Gasteiger partial charge in [-0.25, -0.2) is 4.79 Å². The van der Waals surface area contributed by atoms with Gasteiger partial charge in [-0.1, -0.05) is 151 Å². The van der Waals surface area contributed by atoms with Crippen LogP contribution in [-0.2, 0) is 46.7 Å². The largest absolute Gasteiger partial charge is 0.480 e. The van der Waals surface area contributed by atoms with Crippen molar-refractivity contribution in [2.45, 2.75) is 187 Å². The minimum Gasteiger partial charge on any atom is -0.480 e. The maximum atomic E-state index is 14.2. The number of hydrogen-bond donors (Lipinski definition) is 4. The third kappa shape index (κ3) is 15.5. The fourth-order valence-electron chi connectivity index (χ4n) is 15.4. The predicted molar refractivity (Wildman–Crippen MR) is 393 cm³/mol. The molecule has 4 aliphatic heterocycles. The number of unbranched alkanes of at least 4 members (excludes halogenated alkanes) is 6. The van der Waals surface area contributed by atoms with E-state index in [0.29, 0.717) is 51.6 Å². The number of rotatable bonds is 30. The molecule has 0 amide bonds. The molecule has 1 unspecified atom stereocenters. The molecule has 0 saturated heterocycles. The summed E-state index contributed by atoms with van der Waals surface area (Å²) < 4.78 is 71.5. The number of thioether (sulfide) groups is 1. The fraction of sp³-hybridized carbons (Fsp3) is 0.456. The lowest BCUT2D eigenvalue weighted by Gasteiger charge is -2.27. The molecule has 0 radical (unpaired) electrons. The van der Waals surface area contributed by atoms with Crippen molar-refractivity contribution in [2.75, 3.05) is 53.2 Å². The minimum atomic E-state index is -4.11. The van der Waals surface area contributed by atoms with Crippen LogP contribution in [0.1, 0.15) is 181 Å². The highest BCUT2D eigenvalue weighted by Crippen LogP contribution is 2.51. The van der Waals surface area contributed by atoms with Gasteiger partial charge in [-0.15, -0.1) is 11.8 Å². The van der Waals surface area contributed by atoms with Gasteiger partial charge in [0, 0.05) is 111 Å². The van der Waals surface area contributed by atoms with E-state index in [0.717, 1.165) is 126 Å². The standard InChI is InChI=1S/C79H99N5O8S3/c1-11-13-23-49-81-65-33-19-15-29-60(65)76(3,4)69(81)45-41-56-37-38-57(42-46-70-77(5,6)62-31-17-21-35-67(62)83(70)51-25-27-53-94(87,88)89)73(56)80-64(75(85)86)55-93-74-58(43-47-71-78(7,8)61-30-16-20-34-66(61)82(71)50-24-14-12-2)39-40-59(74)44-48-72-79(9,10)63-32-18-22-36-68(63)84(72)52-26-28-54-95(90,91)92/h15-22,29-36,41-48,64H,11-14,23-28,37-40,49-55H2,1-10H3,(H2-,85,86,87,88,89,90,91,92)/p+2/b57-42+,70-46+. The number of para-hydroxylation sites is 4. The number of carboxylic acids is 1. The minimum absolute atomic E-state index is 0.225. The zero-order chi connectivity index (χ0) is 68.1. The van der Waals surface area contributed by atoms with Crippen molar-refractivity contribution < 1.29 is 45.0 Å². The Morgan fingerprint density at radius 3 is 1.41 bits per heavy atom. The molecule has 4 aromatic rings. The van der Waals surface area contributed by atoms with E-state index in [9.17, 15) is 35.8 Å². The molecule has 4 heterocycles. The van der Waals surface area contributed by atoms with Gasteiger partial charge in [0.2, 0.25) is 11.4 Å². The number of anilines is 2. The summed E-state index contributed by atoms with van der Waals surface area (Å²) in [5.41, 5.74) is 17.9. The molecule has 0 fully saturated rings. The summed E-state index contributed by atoms with van der Waals surface area (Å²) in [4.78, 5) is 19.8. The second-order valence-electron chi connectivity index (χ2n) is 28.6. The van der Waals surface area contributed by atoms with Crippen molar-refractivity contribution in [3.05, 3.63) is 212 Å². The van der Waals surface area contributed by atoms with Gasteiger partial charge in [0.1, 0.15) is 19.1 Å². The van der Waals surface area contributed by atoms with Crippen molar-refractivity contribution in [2.24, 2.45) is 0 Å². The van der Waals surface area contributed by atoms with E-state index in [4.69, 9.17) is 0 Å². The third-order valence-corrected chi connectivity index (χ3v) is 23.5. The number of aliphatic carboxylic acids is 1.